The van der Waals surface area contributed by atoms with Gasteiger partial charge in [0, 0.05) is 62.6 Å². The van der Waals surface area contributed by atoms with Crippen LogP contribution >= 0.6 is 0 Å². The average Bonchev–Trinajstić information content (AvgIpc) is 3.80. The smallest absolute Gasteiger partial charge is 0.145 e. The molecule has 6 aromatic carbocycles. The Morgan fingerprint density at radius 3 is 1.75 bits per heavy atom. The van der Waals surface area contributed by atoms with Crippen molar-refractivity contribution in [1.29, 1.82) is 0 Å². The lowest BCUT2D eigenvalue weighted by Crippen LogP contribution is -1.95. The predicted octanol–water partition coefficient (Wildman–Crippen LogP) is 12.7. The normalized spacial score (nSPS) is 11.6. The van der Waals surface area contributed by atoms with Crippen molar-refractivity contribution in [2.75, 3.05) is 0 Å². The highest BCUT2D eigenvalue weighted by atomic mass is 15.0. The number of rotatable bonds is 6. The highest BCUT2D eigenvalue weighted by Gasteiger charge is 2.19. The van der Waals surface area contributed by atoms with E-state index in [-0.39, 0.29) is 0 Å². The van der Waals surface area contributed by atoms with Gasteiger partial charge in [0.25, 0.3) is 0 Å². The molecule has 0 aliphatic rings. The molecular weight excluding hydrogens is 683 g/mol. The van der Waals surface area contributed by atoms with Crippen molar-refractivity contribution in [3.8, 4) is 56.1 Å². The number of para-hydroxylation sites is 2. The Hall–Kier alpha value is -7.63. The van der Waals surface area contributed by atoms with Crippen LogP contribution in [0.1, 0.15) is 0 Å². The first kappa shape index (κ1) is 31.9. The molecule has 0 saturated heterocycles. The Kier molecular flexibility index (Phi) is 7.42. The lowest BCUT2D eigenvalue weighted by Gasteiger charge is -2.13. The van der Waals surface area contributed by atoms with Gasteiger partial charge < -0.3 is 4.57 Å². The lowest BCUT2D eigenvalue weighted by atomic mass is 9.96. The fourth-order valence-electron chi connectivity index (χ4n) is 8.37. The van der Waals surface area contributed by atoms with E-state index in [9.17, 15) is 0 Å². The standard InChI is InChI=1S/C51H33N5/c1-2-14-39(15-3-1)56-48-25-24-35(33-44(48)42-19-12-28-54-51(42)56)41-18-11-23-49-50(41)43-17-4-5-22-47(43)55(49)40-16-10-13-34(32-40)36-29-37(45-20-6-8-26-52-45)31-38(30-36)46-21-7-9-27-53-46/h1-33H. The first-order chi connectivity index (χ1) is 27.8. The van der Waals surface area contributed by atoms with Gasteiger partial charge in [-0.1, -0.05) is 78.9 Å². The van der Waals surface area contributed by atoms with Crippen molar-refractivity contribution in [2.24, 2.45) is 0 Å². The van der Waals surface area contributed by atoms with Crippen LogP contribution in [0.5, 0.6) is 0 Å². The summed E-state index contributed by atoms with van der Waals surface area (Å²) in [6.45, 7) is 0. The highest BCUT2D eigenvalue weighted by Crippen LogP contribution is 2.41. The molecule has 5 heterocycles. The van der Waals surface area contributed by atoms with Gasteiger partial charge in [0.15, 0.2) is 0 Å². The van der Waals surface area contributed by atoms with Crippen molar-refractivity contribution in [2.45, 2.75) is 0 Å². The van der Waals surface area contributed by atoms with E-state index in [0.29, 0.717) is 0 Å². The molecule has 11 rings (SSSR count). The van der Waals surface area contributed by atoms with Crippen molar-refractivity contribution in [3.05, 3.63) is 201 Å². The van der Waals surface area contributed by atoms with Gasteiger partial charge in [-0.2, -0.15) is 0 Å². The second kappa shape index (κ2) is 13.0. The monoisotopic (exact) mass is 715 g/mol. The minimum atomic E-state index is 0.927. The summed E-state index contributed by atoms with van der Waals surface area (Å²) in [7, 11) is 0. The van der Waals surface area contributed by atoms with Gasteiger partial charge in [0.2, 0.25) is 0 Å². The SMILES string of the molecule is c1ccc(-n2c3ccc(-c4cccc5c4c4ccccc4n5-c4cccc(-c5cc(-c6ccccn6)cc(-c6ccccn6)c5)c4)cc3c3cccnc32)cc1. The van der Waals surface area contributed by atoms with E-state index < -0.39 is 0 Å². The maximum absolute atomic E-state index is 4.85. The first-order valence-corrected chi connectivity index (χ1v) is 18.8. The number of nitrogens with zero attached hydrogens (tertiary/aromatic N) is 5. The molecule has 5 heteroatoms. The molecule has 262 valence electrons. The van der Waals surface area contributed by atoms with Crippen LogP contribution < -0.4 is 0 Å². The van der Waals surface area contributed by atoms with E-state index in [2.05, 4.69) is 161 Å². The number of aromatic nitrogens is 5. The molecular formula is C51H33N5. The molecule has 0 radical (unpaired) electrons. The van der Waals surface area contributed by atoms with Crippen LogP contribution in [0.2, 0.25) is 0 Å². The fourth-order valence-corrected chi connectivity index (χ4v) is 8.37. The van der Waals surface area contributed by atoms with E-state index in [1.807, 2.05) is 48.9 Å². The first-order valence-electron chi connectivity index (χ1n) is 18.8. The van der Waals surface area contributed by atoms with Crippen LogP contribution in [0, 0.1) is 0 Å². The predicted molar refractivity (Wildman–Crippen MR) is 230 cm³/mol. The number of hydrogen-bond acceptors (Lipinski definition) is 3. The summed E-state index contributed by atoms with van der Waals surface area (Å²) in [4.78, 5) is 14.2. The van der Waals surface area contributed by atoms with Gasteiger partial charge in [-0.05, 0) is 125 Å². The lowest BCUT2D eigenvalue weighted by molar-refractivity contribution is 1.14. The zero-order valence-corrected chi connectivity index (χ0v) is 30.3. The molecule has 5 nitrogen and oxygen atoms in total. The van der Waals surface area contributed by atoms with Crippen molar-refractivity contribution < 1.29 is 0 Å². The van der Waals surface area contributed by atoms with Gasteiger partial charge in [-0.15, -0.1) is 0 Å². The minimum absolute atomic E-state index is 0.927. The molecule has 0 atom stereocenters. The molecule has 0 bridgehead atoms. The fraction of sp³-hybridized carbons (Fsp3) is 0. The highest BCUT2D eigenvalue weighted by molar-refractivity contribution is 6.17. The molecule has 0 N–H and O–H groups in total. The van der Waals surface area contributed by atoms with Gasteiger partial charge >= 0.3 is 0 Å². The Balaban J connectivity index is 1.09. The third-order valence-electron chi connectivity index (χ3n) is 10.8. The van der Waals surface area contributed by atoms with Gasteiger partial charge in [0.05, 0.1) is 27.9 Å². The Morgan fingerprint density at radius 2 is 0.964 bits per heavy atom. The average molecular weight is 716 g/mol. The van der Waals surface area contributed by atoms with Crippen LogP contribution in [0.15, 0.2) is 201 Å². The maximum atomic E-state index is 4.85. The number of benzene rings is 6. The zero-order valence-electron chi connectivity index (χ0n) is 30.3. The largest absolute Gasteiger partial charge is 0.309 e. The molecule has 0 fully saturated rings. The van der Waals surface area contributed by atoms with E-state index >= 15 is 0 Å². The molecule has 11 aromatic rings. The number of hydrogen-bond donors (Lipinski definition) is 0. The van der Waals surface area contributed by atoms with Crippen LogP contribution in [0.25, 0.3) is 99.9 Å². The molecule has 0 saturated carbocycles. The van der Waals surface area contributed by atoms with Gasteiger partial charge in [-0.25, -0.2) is 4.98 Å². The summed E-state index contributed by atoms with van der Waals surface area (Å²) in [5, 5.41) is 4.76. The van der Waals surface area contributed by atoms with E-state index in [1.54, 1.807) is 0 Å². The molecule has 0 amide bonds. The minimum Gasteiger partial charge on any atom is -0.309 e. The molecule has 0 unspecified atom stereocenters. The van der Waals surface area contributed by atoms with Crippen LogP contribution in [0.4, 0.5) is 0 Å². The van der Waals surface area contributed by atoms with Crippen LogP contribution in [-0.4, -0.2) is 24.1 Å². The molecule has 5 aromatic heterocycles. The summed E-state index contributed by atoms with van der Waals surface area (Å²) in [6.07, 6.45) is 5.57. The zero-order chi connectivity index (χ0) is 37.0. The summed E-state index contributed by atoms with van der Waals surface area (Å²) in [5.41, 5.74) is 15.2. The van der Waals surface area contributed by atoms with Gasteiger partial charge in [0.1, 0.15) is 5.65 Å². The third-order valence-corrected chi connectivity index (χ3v) is 10.8. The van der Waals surface area contributed by atoms with Crippen molar-refractivity contribution in [3.63, 3.8) is 0 Å². The van der Waals surface area contributed by atoms with Crippen LogP contribution in [0.3, 0.4) is 0 Å². The topological polar surface area (TPSA) is 48.5 Å². The van der Waals surface area contributed by atoms with Gasteiger partial charge in [-0.3, -0.25) is 14.5 Å². The number of fused-ring (bicyclic) bond motifs is 6. The second-order valence-electron chi connectivity index (χ2n) is 14.1. The van der Waals surface area contributed by atoms with E-state index in [0.717, 1.165) is 72.6 Å². The molecule has 56 heavy (non-hydrogen) atoms. The summed E-state index contributed by atoms with van der Waals surface area (Å²) in [5.74, 6) is 0. The Bertz CT molecular complexity index is 3180. The second-order valence-corrected chi connectivity index (χ2v) is 14.1. The summed E-state index contributed by atoms with van der Waals surface area (Å²) < 4.78 is 4.67. The molecule has 0 aliphatic carbocycles. The van der Waals surface area contributed by atoms with E-state index in [4.69, 9.17) is 15.0 Å². The van der Waals surface area contributed by atoms with Crippen molar-refractivity contribution >= 4 is 43.7 Å². The molecule has 0 aliphatic heterocycles. The number of pyridine rings is 3. The molecule has 0 spiro atoms. The summed E-state index contributed by atoms with van der Waals surface area (Å²) in [6, 6.07) is 64.6. The Morgan fingerprint density at radius 1 is 0.321 bits per heavy atom. The maximum Gasteiger partial charge on any atom is 0.145 e. The quantitative estimate of drug-likeness (QED) is 0.172. The summed E-state index contributed by atoms with van der Waals surface area (Å²) >= 11 is 0. The third kappa shape index (κ3) is 5.21. The Labute approximate surface area is 323 Å². The van der Waals surface area contributed by atoms with Crippen molar-refractivity contribution in [1.82, 2.24) is 24.1 Å². The van der Waals surface area contributed by atoms with E-state index in [1.165, 1.54) is 27.3 Å². The van der Waals surface area contributed by atoms with Crippen LogP contribution in [-0.2, 0) is 0 Å².